The molecule has 1 amide bonds. The lowest BCUT2D eigenvalue weighted by atomic mass is 9.99. The van der Waals surface area contributed by atoms with Crippen molar-refractivity contribution in [1.82, 2.24) is 5.32 Å². The Morgan fingerprint density at radius 2 is 1.77 bits per heavy atom. The van der Waals surface area contributed by atoms with E-state index in [1.54, 1.807) is 7.11 Å². The van der Waals surface area contributed by atoms with Crippen molar-refractivity contribution in [3.8, 4) is 16.9 Å². The van der Waals surface area contributed by atoms with Gasteiger partial charge in [0.25, 0.3) is 5.91 Å². The van der Waals surface area contributed by atoms with Crippen LogP contribution in [0.1, 0.15) is 5.56 Å². The molecule has 0 aliphatic carbocycles. The highest BCUT2D eigenvalue weighted by Crippen LogP contribution is 2.30. The molecule has 3 aromatic carbocycles. The number of rotatable bonds is 3. The van der Waals surface area contributed by atoms with Crippen LogP contribution in [0.4, 0.5) is 0 Å². The van der Waals surface area contributed by atoms with E-state index < -0.39 is 0 Å². The monoisotopic (exact) mass is 377 g/mol. The van der Waals surface area contributed by atoms with E-state index in [0.29, 0.717) is 9.23 Å². The summed E-state index contributed by atoms with van der Waals surface area (Å²) < 4.78 is 5.78. The Hall–Kier alpha value is -2.63. The number of ether oxygens (including phenoxy) is 1. The van der Waals surface area contributed by atoms with E-state index >= 15 is 0 Å². The molecule has 0 spiro atoms. The third kappa shape index (κ3) is 3.36. The van der Waals surface area contributed by atoms with Gasteiger partial charge in [-0.05, 0) is 57.8 Å². The van der Waals surface area contributed by atoms with Crippen LogP contribution in [0.25, 0.3) is 28.0 Å². The summed E-state index contributed by atoms with van der Waals surface area (Å²) in [6, 6.07) is 20.5. The van der Waals surface area contributed by atoms with Gasteiger partial charge in [-0.15, -0.1) is 0 Å². The van der Waals surface area contributed by atoms with E-state index in [1.807, 2.05) is 30.3 Å². The molecule has 0 bridgehead atoms. The minimum atomic E-state index is -0.134. The number of benzene rings is 3. The number of carbonyl (C=O) groups excluding carboxylic acids is 1. The average Bonchev–Trinajstić information content (AvgIpc) is 2.98. The molecule has 0 radical (unpaired) electrons. The largest absolute Gasteiger partial charge is 0.497 e. The molecule has 0 unspecified atom stereocenters. The van der Waals surface area contributed by atoms with Crippen LogP contribution in [-0.4, -0.2) is 17.3 Å². The zero-order valence-electron chi connectivity index (χ0n) is 14.0. The molecule has 1 heterocycles. The second-order valence-corrected chi connectivity index (χ2v) is 7.62. The average molecular weight is 377 g/mol. The SMILES string of the molecule is COc1ccc2cc(-c3cccc(C=C4SC(=S)NC4=O)c3)ccc2c1. The fourth-order valence-corrected chi connectivity index (χ4v) is 3.96. The predicted molar refractivity (Wildman–Crippen MR) is 112 cm³/mol. The summed E-state index contributed by atoms with van der Waals surface area (Å²) in [6.45, 7) is 0. The van der Waals surface area contributed by atoms with Crippen molar-refractivity contribution >= 4 is 51.1 Å². The highest BCUT2D eigenvalue weighted by molar-refractivity contribution is 8.26. The lowest BCUT2D eigenvalue weighted by Gasteiger charge is -2.07. The molecule has 1 aliphatic heterocycles. The zero-order chi connectivity index (χ0) is 18.1. The van der Waals surface area contributed by atoms with E-state index in [-0.39, 0.29) is 5.91 Å². The van der Waals surface area contributed by atoms with Crippen LogP contribution in [0.15, 0.2) is 65.6 Å². The van der Waals surface area contributed by atoms with Gasteiger partial charge in [0, 0.05) is 0 Å². The molecule has 0 atom stereocenters. The highest BCUT2D eigenvalue weighted by Gasteiger charge is 2.21. The van der Waals surface area contributed by atoms with Gasteiger partial charge in [-0.3, -0.25) is 4.79 Å². The van der Waals surface area contributed by atoms with Crippen molar-refractivity contribution in [2.45, 2.75) is 0 Å². The van der Waals surface area contributed by atoms with E-state index in [1.165, 1.54) is 11.8 Å². The van der Waals surface area contributed by atoms with Crippen LogP contribution in [0, 0.1) is 0 Å². The normalized spacial score (nSPS) is 15.5. The number of thioether (sulfide) groups is 1. The van der Waals surface area contributed by atoms with Gasteiger partial charge >= 0.3 is 0 Å². The van der Waals surface area contributed by atoms with Gasteiger partial charge in [-0.1, -0.05) is 60.4 Å². The first kappa shape index (κ1) is 16.8. The molecule has 1 N–H and O–H groups in total. The topological polar surface area (TPSA) is 38.3 Å². The Labute approximate surface area is 161 Å². The summed E-state index contributed by atoms with van der Waals surface area (Å²) in [6.07, 6.45) is 1.87. The number of hydrogen-bond donors (Lipinski definition) is 1. The van der Waals surface area contributed by atoms with Crippen molar-refractivity contribution < 1.29 is 9.53 Å². The fraction of sp³-hybridized carbons (Fsp3) is 0.0476. The Balaban J connectivity index is 1.70. The van der Waals surface area contributed by atoms with Crippen LogP contribution in [0.3, 0.4) is 0 Å². The van der Waals surface area contributed by atoms with Gasteiger partial charge in [0.2, 0.25) is 0 Å². The van der Waals surface area contributed by atoms with Crippen molar-refractivity contribution in [3.63, 3.8) is 0 Å². The molecule has 3 aromatic rings. The summed E-state index contributed by atoms with van der Waals surface area (Å²) >= 11 is 6.33. The molecule has 0 saturated carbocycles. The summed E-state index contributed by atoms with van der Waals surface area (Å²) in [5.74, 6) is 0.717. The number of fused-ring (bicyclic) bond motifs is 1. The molecule has 26 heavy (non-hydrogen) atoms. The summed E-state index contributed by atoms with van der Waals surface area (Å²) in [7, 11) is 1.67. The second kappa shape index (κ2) is 6.94. The number of nitrogens with one attached hydrogen (secondary N) is 1. The first-order chi connectivity index (χ1) is 12.6. The van der Waals surface area contributed by atoms with E-state index in [0.717, 1.165) is 33.2 Å². The fourth-order valence-electron chi connectivity index (χ4n) is 2.91. The van der Waals surface area contributed by atoms with Crippen LogP contribution in [0.5, 0.6) is 5.75 Å². The molecule has 0 aromatic heterocycles. The van der Waals surface area contributed by atoms with Crippen LogP contribution >= 0.6 is 24.0 Å². The van der Waals surface area contributed by atoms with Crippen molar-refractivity contribution in [1.29, 1.82) is 0 Å². The molecule has 5 heteroatoms. The number of thiocarbonyl (C=S) groups is 1. The molecule has 3 nitrogen and oxygen atoms in total. The third-order valence-corrected chi connectivity index (χ3v) is 5.37. The first-order valence-electron chi connectivity index (χ1n) is 8.05. The van der Waals surface area contributed by atoms with Crippen LogP contribution in [-0.2, 0) is 4.79 Å². The van der Waals surface area contributed by atoms with Gasteiger partial charge in [-0.2, -0.15) is 0 Å². The summed E-state index contributed by atoms with van der Waals surface area (Å²) in [5, 5.41) is 4.93. The van der Waals surface area contributed by atoms with Gasteiger partial charge in [0.05, 0.1) is 12.0 Å². The molecule has 128 valence electrons. The summed E-state index contributed by atoms with van der Waals surface area (Å²) in [5.41, 5.74) is 3.20. The maximum atomic E-state index is 11.8. The lowest BCUT2D eigenvalue weighted by molar-refractivity contribution is -0.115. The van der Waals surface area contributed by atoms with Gasteiger partial charge < -0.3 is 10.1 Å². The predicted octanol–water partition coefficient (Wildman–Crippen LogP) is 5.00. The van der Waals surface area contributed by atoms with Crippen LogP contribution < -0.4 is 10.1 Å². The van der Waals surface area contributed by atoms with Gasteiger partial charge in [0.1, 0.15) is 10.1 Å². The number of amides is 1. The number of carbonyl (C=O) groups is 1. The van der Waals surface area contributed by atoms with Crippen molar-refractivity contribution in [3.05, 3.63) is 71.1 Å². The standard InChI is InChI=1S/C21H15NO2S2/c1-24-18-8-7-16-11-15(5-6-17(16)12-18)14-4-2-3-13(9-14)10-19-20(23)22-21(25)26-19/h2-12H,1H3,(H,22,23,25). The molecule has 1 fully saturated rings. The Morgan fingerprint density at radius 1 is 1.00 bits per heavy atom. The maximum absolute atomic E-state index is 11.8. The quantitative estimate of drug-likeness (QED) is 0.515. The third-order valence-electron chi connectivity index (χ3n) is 4.21. The second-order valence-electron chi connectivity index (χ2n) is 5.91. The molecule has 1 saturated heterocycles. The lowest BCUT2D eigenvalue weighted by Crippen LogP contribution is -2.17. The van der Waals surface area contributed by atoms with E-state index in [4.69, 9.17) is 17.0 Å². The minimum Gasteiger partial charge on any atom is -0.497 e. The van der Waals surface area contributed by atoms with E-state index in [9.17, 15) is 4.79 Å². The Morgan fingerprint density at radius 3 is 2.54 bits per heavy atom. The minimum absolute atomic E-state index is 0.134. The maximum Gasteiger partial charge on any atom is 0.263 e. The van der Waals surface area contributed by atoms with Crippen molar-refractivity contribution in [2.24, 2.45) is 0 Å². The molecule has 1 aliphatic rings. The molecular weight excluding hydrogens is 362 g/mol. The smallest absolute Gasteiger partial charge is 0.263 e. The zero-order valence-corrected chi connectivity index (χ0v) is 15.6. The molecular formula is C21H15NO2S2. The molecule has 4 rings (SSSR count). The Kier molecular flexibility index (Phi) is 4.49. The Bertz CT molecular complexity index is 1070. The van der Waals surface area contributed by atoms with Gasteiger partial charge in [0.15, 0.2) is 0 Å². The summed E-state index contributed by atoms with van der Waals surface area (Å²) in [4.78, 5) is 12.5. The highest BCUT2D eigenvalue weighted by atomic mass is 32.2. The number of methoxy groups -OCH3 is 1. The van der Waals surface area contributed by atoms with Crippen LogP contribution in [0.2, 0.25) is 0 Å². The van der Waals surface area contributed by atoms with Crippen molar-refractivity contribution in [2.75, 3.05) is 7.11 Å². The van der Waals surface area contributed by atoms with E-state index in [2.05, 4.69) is 41.7 Å². The number of hydrogen-bond acceptors (Lipinski definition) is 4. The van der Waals surface area contributed by atoms with Gasteiger partial charge in [-0.25, -0.2) is 0 Å². The first-order valence-corrected chi connectivity index (χ1v) is 9.28.